The van der Waals surface area contributed by atoms with E-state index in [2.05, 4.69) is 27.0 Å². The highest BCUT2D eigenvalue weighted by atomic mass is 35.5. The lowest BCUT2D eigenvalue weighted by molar-refractivity contribution is -0.140. The van der Waals surface area contributed by atoms with Crippen LogP contribution < -0.4 is 4.90 Å². The minimum absolute atomic E-state index is 0.265. The van der Waals surface area contributed by atoms with Crippen LogP contribution in [-0.4, -0.2) is 30.6 Å². The fourth-order valence-corrected chi connectivity index (χ4v) is 3.59. The van der Waals surface area contributed by atoms with Gasteiger partial charge >= 0.3 is 5.97 Å². The van der Waals surface area contributed by atoms with Gasteiger partial charge in [-0.25, -0.2) is 4.98 Å². The molecule has 0 radical (unpaired) electrons. The van der Waals surface area contributed by atoms with E-state index in [1.54, 1.807) is 0 Å². The number of nitrogens with zero attached hydrogens (tertiary/aromatic N) is 4. The topological polar surface area (TPSA) is 67.2 Å². The third-order valence-corrected chi connectivity index (χ3v) is 4.99. The molecule has 0 bridgehead atoms. The largest absolute Gasteiger partial charge is 0.464 e. The number of fused-ring (bicyclic) bond motifs is 1. The van der Waals surface area contributed by atoms with Gasteiger partial charge < -0.3 is 9.64 Å². The molecule has 8 heteroatoms. The molecule has 0 N–H and O–H groups in total. The molecule has 0 fully saturated rings. The zero-order valence-electron chi connectivity index (χ0n) is 15.1. The Kier molecular flexibility index (Phi) is 6.36. The number of anilines is 1. The van der Waals surface area contributed by atoms with Crippen LogP contribution in [0.1, 0.15) is 13.8 Å². The van der Waals surface area contributed by atoms with Crippen molar-refractivity contribution in [3.63, 3.8) is 0 Å². The molecular formula is C19H19ClN4O2S. The number of carbonyl (C=O) groups excluding carboxylic acids is 1. The highest BCUT2D eigenvalue weighted by Crippen LogP contribution is 2.31. The van der Waals surface area contributed by atoms with Gasteiger partial charge in [0.1, 0.15) is 6.61 Å². The first-order valence-corrected chi connectivity index (χ1v) is 9.71. The molecule has 1 heterocycles. The summed E-state index contributed by atoms with van der Waals surface area (Å²) in [5.74, 6) is -0.265. The van der Waals surface area contributed by atoms with E-state index < -0.39 is 0 Å². The van der Waals surface area contributed by atoms with Crippen LogP contribution in [-0.2, 0) is 9.53 Å². The molecule has 0 spiro atoms. The molecule has 0 unspecified atom stereocenters. The van der Waals surface area contributed by atoms with E-state index in [1.807, 2.05) is 42.5 Å². The highest BCUT2D eigenvalue weighted by Gasteiger charge is 2.06. The summed E-state index contributed by atoms with van der Waals surface area (Å²) in [6, 6.07) is 13.3. The number of thiazole rings is 1. The van der Waals surface area contributed by atoms with Gasteiger partial charge in [-0.15, -0.1) is 10.2 Å². The van der Waals surface area contributed by atoms with Gasteiger partial charge in [0.25, 0.3) is 0 Å². The fraction of sp³-hybridized carbons (Fsp3) is 0.263. The number of rotatable bonds is 7. The second-order valence-corrected chi connectivity index (χ2v) is 7.19. The number of aromatic nitrogens is 1. The molecule has 1 aromatic heterocycles. The summed E-state index contributed by atoms with van der Waals surface area (Å²) in [5.41, 5.74) is 2.64. The standard InChI is InChI=1S/C19H19ClN4O2S/c1-3-24(10-11-26-13(2)25)16-7-5-15(6-8-16)22-23-19-21-17-9-4-14(20)12-18(17)27-19/h4-9,12H,3,10-11H2,1-2H3. The van der Waals surface area contributed by atoms with Crippen LogP contribution in [0.3, 0.4) is 0 Å². The van der Waals surface area contributed by atoms with Crippen molar-refractivity contribution >= 4 is 55.6 Å². The second-order valence-electron chi connectivity index (χ2n) is 5.74. The van der Waals surface area contributed by atoms with Crippen LogP contribution in [0.15, 0.2) is 52.7 Å². The molecule has 3 aromatic rings. The Morgan fingerprint density at radius 1 is 1.22 bits per heavy atom. The van der Waals surface area contributed by atoms with Crippen LogP contribution >= 0.6 is 22.9 Å². The average Bonchev–Trinajstić information content (AvgIpc) is 3.06. The molecule has 0 saturated carbocycles. The highest BCUT2D eigenvalue weighted by molar-refractivity contribution is 7.21. The SMILES string of the molecule is CCN(CCOC(C)=O)c1ccc(N=Nc2nc3ccc(Cl)cc3s2)cc1. The van der Waals surface area contributed by atoms with E-state index in [0.717, 1.165) is 28.1 Å². The lowest BCUT2D eigenvalue weighted by Gasteiger charge is -2.22. The van der Waals surface area contributed by atoms with Crippen LogP contribution in [0.4, 0.5) is 16.5 Å². The van der Waals surface area contributed by atoms with Gasteiger partial charge in [0.15, 0.2) is 0 Å². The van der Waals surface area contributed by atoms with Crippen LogP contribution in [0, 0.1) is 0 Å². The summed E-state index contributed by atoms with van der Waals surface area (Å²) < 4.78 is 6.00. The van der Waals surface area contributed by atoms with E-state index in [4.69, 9.17) is 16.3 Å². The Bertz CT molecular complexity index is 956. The van der Waals surface area contributed by atoms with Crippen LogP contribution in [0.5, 0.6) is 0 Å². The first kappa shape index (κ1) is 19.3. The second kappa shape index (κ2) is 8.92. The maximum absolute atomic E-state index is 10.9. The quantitative estimate of drug-likeness (QED) is 0.372. The number of carbonyl (C=O) groups is 1. The predicted molar refractivity (Wildman–Crippen MR) is 110 cm³/mol. The van der Waals surface area contributed by atoms with Crippen molar-refractivity contribution in [1.82, 2.24) is 4.98 Å². The molecule has 0 aliphatic heterocycles. The summed E-state index contributed by atoms with van der Waals surface area (Å²) in [7, 11) is 0. The molecule has 0 aliphatic rings. The van der Waals surface area contributed by atoms with Crippen molar-refractivity contribution in [2.75, 3.05) is 24.6 Å². The number of hydrogen-bond donors (Lipinski definition) is 0. The Labute approximate surface area is 166 Å². The van der Waals surface area contributed by atoms with Gasteiger partial charge in [-0.3, -0.25) is 4.79 Å². The summed E-state index contributed by atoms with van der Waals surface area (Å²) in [6.45, 7) is 5.30. The van der Waals surface area contributed by atoms with Crippen molar-refractivity contribution in [3.05, 3.63) is 47.5 Å². The Morgan fingerprint density at radius 2 is 2.00 bits per heavy atom. The van der Waals surface area contributed by atoms with E-state index in [9.17, 15) is 4.79 Å². The van der Waals surface area contributed by atoms with Crippen molar-refractivity contribution in [2.45, 2.75) is 13.8 Å². The molecule has 0 atom stereocenters. The number of esters is 1. The van der Waals surface area contributed by atoms with Gasteiger partial charge in [-0.05, 0) is 49.4 Å². The average molecular weight is 403 g/mol. The summed E-state index contributed by atoms with van der Waals surface area (Å²) >= 11 is 7.44. The minimum atomic E-state index is -0.265. The number of halogens is 1. The minimum Gasteiger partial charge on any atom is -0.464 e. The van der Waals surface area contributed by atoms with Crippen molar-refractivity contribution in [2.24, 2.45) is 10.2 Å². The van der Waals surface area contributed by atoms with Gasteiger partial charge in [-0.2, -0.15) is 0 Å². The number of ether oxygens (including phenoxy) is 1. The van der Waals surface area contributed by atoms with E-state index in [1.165, 1.54) is 18.3 Å². The Hall–Kier alpha value is -2.51. The van der Waals surface area contributed by atoms with E-state index in [0.29, 0.717) is 23.3 Å². The molecule has 0 saturated heterocycles. The lowest BCUT2D eigenvalue weighted by atomic mass is 10.2. The third kappa shape index (κ3) is 5.24. The van der Waals surface area contributed by atoms with Crippen molar-refractivity contribution < 1.29 is 9.53 Å². The molecule has 0 amide bonds. The maximum atomic E-state index is 10.9. The predicted octanol–water partition coefficient (Wildman–Crippen LogP) is 5.75. The Morgan fingerprint density at radius 3 is 2.70 bits per heavy atom. The van der Waals surface area contributed by atoms with E-state index in [-0.39, 0.29) is 5.97 Å². The number of azo groups is 1. The number of hydrogen-bond acceptors (Lipinski definition) is 7. The lowest BCUT2D eigenvalue weighted by Crippen LogP contribution is -2.27. The van der Waals surface area contributed by atoms with Crippen LogP contribution in [0.2, 0.25) is 5.02 Å². The third-order valence-electron chi connectivity index (χ3n) is 3.85. The molecule has 0 aliphatic carbocycles. The summed E-state index contributed by atoms with van der Waals surface area (Å²) in [6.07, 6.45) is 0. The Balaban J connectivity index is 1.66. The summed E-state index contributed by atoms with van der Waals surface area (Å²) in [5, 5.41) is 9.75. The molecule has 27 heavy (non-hydrogen) atoms. The first-order valence-electron chi connectivity index (χ1n) is 8.51. The van der Waals surface area contributed by atoms with Crippen molar-refractivity contribution in [3.8, 4) is 0 Å². The van der Waals surface area contributed by atoms with Gasteiger partial charge in [-0.1, -0.05) is 22.9 Å². The van der Waals surface area contributed by atoms with E-state index >= 15 is 0 Å². The number of benzene rings is 2. The molecule has 140 valence electrons. The van der Waals surface area contributed by atoms with Crippen molar-refractivity contribution in [1.29, 1.82) is 0 Å². The van der Waals surface area contributed by atoms with Gasteiger partial charge in [0.2, 0.25) is 5.13 Å². The smallest absolute Gasteiger partial charge is 0.302 e. The van der Waals surface area contributed by atoms with Crippen LogP contribution in [0.25, 0.3) is 10.2 Å². The molecule has 2 aromatic carbocycles. The molecule has 3 rings (SSSR count). The maximum Gasteiger partial charge on any atom is 0.302 e. The normalized spacial score (nSPS) is 11.2. The summed E-state index contributed by atoms with van der Waals surface area (Å²) in [4.78, 5) is 17.4. The molecule has 6 nitrogen and oxygen atoms in total. The first-order chi connectivity index (χ1) is 13.0. The zero-order chi connectivity index (χ0) is 19.2. The zero-order valence-corrected chi connectivity index (χ0v) is 16.6. The fourth-order valence-electron chi connectivity index (χ4n) is 2.53. The number of likely N-dealkylation sites (N-methyl/N-ethyl adjacent to an activating group) is 1. The van der Waals surface area contributed by atoms with Gasteiger partial charge in [0, 0.05) is 24.2 Å². The van der Waals surface area contributed by atoms with Gasteiger partial charge in [0.05, 0.1) is 22.4 Å². The monoisotopic (exact) mass is 402 g/mol. The molecular weight excluding hydrogens is 384 g/mol.